The zero-order valence-corrected chi connectivity index (χ0v) is 16.5. The van der Waals surface area contributed by atoms with Crippen molar-refractivity contribution in [3.05, 3.63) is 60.2 Å². The standard InChI is InChI=1S/C20H22N2O6S/c23-19(21-22-20(24)16-10-11-29(25,26)14-16)13-28-18-8-6-17(7-9-18)27-12-15-4-2-1-3-5-15/h1-9,16H,10-14H2,(H,21,23)(H,22,24). The highest BCUT2D eigenvalue weighted by atomic mass is 32.2. The monoisotopic (exact) mass is 418 g/mol. The predicted molar refractivity (Wildman–Crippen MR) is 106 cm³/mol. The van der Waals surface area contributed by atoms with E-state index in [0.29, 0.717) is 18.1 Å². The lowest BCUT2D eigenvalue weighted by Crippen LogP contribution is -2.46. The van der Waals surface area contributed by atoms with E-state index in [1.807, 2.05) is 30.3 Å². The second-order valence-electron chi connectivity index (χ2n) is 6.67. The first-order valence-electron chi connectivity index (χ1n) is 9.10. The maximum absolute atomic E-state index is 11.9. The lowest BCUT2D eigenvalue weighted by molar-refractivity contribution is -0.131. The van der Waals surface area contributed by atoms with Gasteiger partial charge in [-0.1, -0.05) is 30.3 Å². The van der Waals surface area contributed by atoms with Crippen molar-refractivity contribution >= 4 is 21.7 Å². The number of nitrogens with one attached hydrogen (secondary N) is 2. The molecule has 0 radical (unpaired) electrons. The molecule has 8 nitrogen and oxygen atoms in total. The maximum atomic E-state index is 11.9. The van der Waals surface area contributed by atoms with E-state index in [9.17, 15) is 18.0 Å². The summed E-state index contributed by atoms with van der Waals surface area (Å²) in [6.07, 6.45) is 0.263. The summed E-state index contributed by atoms with van der Waals surface area (Å²) in [4.78, 5) is 23.7. The highest BCUT2D eigenvalue weighted by Gasteiger charge is 2.33. The molecule has 1 aliphatic rings. The van der Waals surface area contributed by atoms with E-state index in [2.05, 4.69) is 10.9 Å². The molecule has 1 aliphatic heterocycles. The zero-order chi connectivity index (χ0) is 20.7. The number of ether oxygens (including phenoxy) is 2. The molecule has 154 valence electrons. The van der Waals surface area contributed by atoms with Crippen LogP contribution in [0.3, 0.4) is 0 Å². The number of amides is 2. The molecule has 1 atom stereocenters. The van der Waals surface area contributed by atoms with Crippen LogP contribution in [0, 0.1) is 5.92 Å². The molecule has 29 heavy (non-hydrogen) atoms. The highest BCUT2D eigenvalue weighted by molar-refractivity contribution is 7.91. The van der Waals surface area contributed by atoms with E-state index >= 15 is 0 Å². The molecule has 3 rings (SSSR count). The number of rotatable bonds is 7. The van der Waals surface area contributed by atoms with Gasteiger partial charge in [-0.05, 0) is 36.2 Å². The average molecular weight is 418 g/mol. The Kier molecular flexibility index (Phi) is 6.71. The zero-order valence-electron chi connectivity index (χ0n) is 15.7. The molecular formula is C20H22N2O6S. The van der Waals surface area contributed by atoms with Gasteiger partial charge in [-0.15, -0.1) is 0 Å². The minimum Gasteiger partial charge on any atom is -0.489 e. The molecule has 1 heterocycles. The maximum Gasteiger partial charge on any atom is 0.276 e. The summed E-state index contributed by atoms with van der Waals surface area (Å²) in [5.74, 6) is -0.755. The Morgan fingerprint density at radius 1 is 0.931 bits per heavy atom. The van der Waals surface area contributed by atoms with E-state index in [0.717, 1.165) is 5.56 Å². The summed E-state index contributed by atoms with van der Waals surface area (Å²) >= 11 is 0. The molecule has 2 amide bonds. The summed E-state index contributed by atoms with van der Waals surface area (Å²) in [5.41, 5.74) is 5.52. The Morgan fingerprint density at radius 3 is 2.21 bits per heavy atom. The molecule has 0 bridgehead atoms. The second kappa shape index (κ2) is 9.42. The summed E-state index contributed by atoms with van der Waals surface area (Å²) in [6, 6.07) is 16.6. The van der Waals surface area contributed by atoms with Gasteiger partial charge in [0.15, 0.2) is 16.4 Å². The number of hydrogen-bond donors (Lipinski definition) is 2. The Hall–Kier alpha value is -3.07. The van der Waals surface area contributed by atoms with Gasteiger partial charge in [-0.3, -0.25) is 20.4 Å². The van der Waals surface area contributed by atoms with Crippen molar-refractivity contribution in [2.75, 3.05) is 18.1 Å². The molecule has 0 saturated carbocycles. The van der Waals surface area contributed by atoms with Crippen molar-refractivity contribution in [1.82, 2.24) is 10.9 Å². The molecule has 0 aliphatic carbocycles. The lowest BCUT2D eigenvalue weighted by atomic mass is 10.1. The van der Waals surface area contributed by atoms with Crippen LogP contribution >= 0.6 is 0 Å². The predicted octanol–water partition coefficient (Wildman–Crippen LogP) is 1.23. The van der Waals surface area contributed by atoms with E-state index < -0.39 is 27.6 Å². The highest BCUT2D eigenvalue weighted by Crippen LogP contribution is 2.19. The topological polar surface area (TPSA) is 111 Å². The third-order valence-electron chi connectivity index (χ3n) is 4.37. The van der Waals surface area contributed by atoms with Gasteiger partial charge in [0.05, 0.1) is 17.4 Å². The molecule has 0 aromatic heterocycles. The van der Waals surface area contributed by atoms with Crippen molar-refractivity contribution in [2.24, 2.45) is 5.92 Å². The first kappa shape index (κ1) is 20.7. The minimum atomic E-state index is -3.16. The second-order valence-corrected chi connectivity index (χ2v) is 8.90. The van der Waals surface area contributed by atoms with Gasteiger partial charge in [0.2, 0.25) is 5.91 Å². The SMILES string of the molecule is O=C(COc1ccc(OCc2ccccc2)cc1)NNC(=O)C1CCS(=O)(=O)C1. The van der Waals surface area contributed by atoms with Crippen LogP contribution < -0.4 is 20.3 Å². The largest absolute Gasteiger partial charge is 0.489 e. The van der Waals surface area contributed by atoms with E-state index in [4.69, 9.17) is 9.47 Å². The molecule has 1 saturated heterocycles. The van der Waals surface area contributed by atoms with Gasteiger partial charge in [-0.25, -0.2) is 8.42 Å². The van der Waals surface area contributed by atoms with Crippen molar-refractivity contribution in [2.45, 2.75) is 13.0 Å². The van der Waals surface area contributed by atoms with E-state index in [-0.39, 0.29) is 24.5 Å². The Bertz CT molecular complexity index is 945. The smallest absolute Gasteiger partial charge is 0.276 e. The number of benzene rings is 2. The molecule has 2 N–H and O–H groups in total. The molecular weight excluding hydrogens is 396 g/mol. The Morgan fingerprint density at radius 2 is 1.59 bits per heavy atom. The van der Waals surface area contributed by atoms with E-state index in [1.165, 1.54) is 0 Å². The molecule has 2 aromatic carbocycles. The van der Waals surface area contributed by atoms with Crippen molar-refractivity contribution in [1.29, 1.82) is 0 Å². The average Bonchev–Trinajstić information content (AvgIpc) is 3.10. The fraction of sp³-hybridized carbons (Fsp3) is 0.300. The third-order valence-corrected chi connectivity index (χ3v) is 6.14. The van der Waals surface area contributed by atoms with Gasteiger partial charge in [0.1, 0.15) is 18.1 Å². The lowest BCUT2D eigenvalue weighted by Gasteiger charge is -2.11. The Balaban J connectivity index is 1.37. The van der Waals surface area contributed by atoms with Crippen LogP contribution in [0.4, 0.5) is 0 Å². The van der Waals surface area contributed by atoms with Crippen LogP contribution in [-0.2, 0) is 26.0 Å². The summed E-state index contributed by atoms with van der Waals surface area (Å²) in [6.45, 7) is 0.152. The van der Waals surface area contributed by atoms with Crippen molar-refractivity contribution in [3.8, 4) is 11.5 Å². The van der Waals surface area contributed by atoms with Crippen molar-refractivity contribution < 1.29 is 27.5 Å². The third kappa shape index (κ3) is 6.49. The molecule has 1 fully saturated rings. The van der Waals surface area contributed by atoms with Crippen LogP contribution in [-0.4, -0.2) is 38.3 Å². The minimum absolute atomic E-state index is 0.00674. The van der Waals surface area contributed by atoms with Crippen LogP contribution in [0.5, 0.6) is 11.5 Å². The van der Waals surface area contributed by atoms with Gasteiger partial charge in [0, 0.05) is 0 Å². The number of carbonyl (C=O) groups excluding carboxylic acids is 2. The molecule has 1 unspecified atom stereocenters. The van der Waals surface area contributed by atoms with Crippen LogP contribution in [0.25, 0.3) is 0 Å². The number of hydrogen-bond acceptors (Lipinski definition) is 6. The fourth-order valence-corrected chi connectivity index (χ4v) is 4.53. The van der Waals surface area contributed by atoms with E-state index in [1.54, 1.807) is 24.3 Å². The summed E-state index contributed by atoms with van der Waals surface area (Å²) in [5, 5.41) is 0. The molecule has 0 spiro atoms. The number of carbonyl (C=O) groups is 2. The van der Waals surface area contributed by atoms with Crippen LogP contribution in [0.15, 0.2) is 54.6 Å². The van der Waals surface area contributed by atoms with Crippen LogP contribution in [0.1, 0.15) is 12.0 Å². The van der Waals surface area contributed by atoms with Gasteiger partial charge in [0.25, 0.3) is 5.91 Å². The first-order valence-corrected chi connectivity index (χ1v) is 10.9. The van der Waals surface area contributed by atoms with Gasteiger partial charge in [-0.2, -0.15) is 0 Å². The Labute approximate surface area is 169 Å². The first-order chi connectivity index (χ1) is 13.9. The van der Waals surface area contributed by atoms with Gasteiger partial charge >= 0.3 is 0 Å². The summed E-state index contributed by atoms with van der Waals surface area (Å²) in [7, 11) is -3.16. The van der Waals surface area contributed by atoms with Crippen LogP contribution in [0.2, 0.25) is 0 Å². The normalized spacial score (nSPS) is 17.3. The number of hydrazine groups is 1. The summed E-state index contributed by atoms with van der Waals surface area (Å²) < 4.78 is 33.8. The number of sulfone groups is 1. The van der Waals surface area contributed by atoms with Crippen molar-refractivity contribution in [3.63, 3.8) is 0 Å². The molecule has 9 heteroatoms. The fourth-order valence-electron chi connectivity index (χ4n) is 2.79. The quantitative estimate of drug-likeness (QED) is 0.655. The molecule has 2 aromatic rings. The van der Waals surface area contributed by atoms with Gasteiger partial charge < -0.3 is 9.47 Å².